The molecule has 1 amide bonds. The maximum absolute atomic E-state index is 13.6. The summed E-state index contributed by atoms with van der Waals surface area (Å²) in [6.45, 7) is 1.73. The van der Waals surface area contributed by atoms with E-state index in [9.17, 15) is 17.6 Å². The SMILES string of the molecule is CCNC(=O)CN(C)S(=O)(=O)c1ccc(N)cc1F. The summed E-state index contributed by atoms with van der Waals surface area (Å²) in [7, 11) is -2.85. The van der Waals surface area contributed by atoms with Crippen molar-refractivity contribution in [3.8, 4) is 0 Å². The lowest BCUT2D eigenvalue weighted by atomic mass is 10.3. The van der Waals surface area contributed by atoms with Gasteiger partial charge in [-0.2, -0.15) is 4.31 Å². The zero-order valence-electron chi connectivity index (χ0n) is 10.7. The standard InChI is InChI=1S/C11H16FN3O3S/c1-3-14-11(16)7-15(2)19(17,18)10-5-4-8(13)6-9(10)12/h4-6H,3,7,13H2,1-2H3,(H,14,16). The van der Waals surface area contributed by atoms with E-state index in [0.29, 0.717) is 6.54 Å². The Bertz CT molecular complexity index is 575. The fourth-order valence-electron chi connectivity index (χ4n) is 1.43. The molecule has 3 N–H and O–H groups in total. The van der Waals surface area contributed by atoms with E-state index in [1.165, 1.54) is 13.1 Å². The lowest BCUT2D eigenvalue weighted by Crippen LogP contribution is -2.38. The Balaban J connectivity index is 3.00. The van der Waals surface area contributed by atoms with Gasteiger partial charge in [0.2, 0.25) is 15.9 Å². The average molecular weight is 289 g/mol. The molecule has 0 fully saturated rings. The minimum Gasteiger partial charge on any atom is -0.399 e. The molecule has 8 heteroatoms. The lowest BCUT2D eigenvalue weighted by molar-refractivity contribution is -0.121. The van der Waals surface area contributed by atoms with Crippen molar-refractivity contribution in [3.05, 3.63) is 24.0 Å². The molecular formula is C11H16FN3O3S. The molecule has 1 aromatic rings. The van der Waals surface area contributed by atoms with Crippen molar-refractivity contribution < 1.29 is 17.6 Å². The molecule has 0 saturated carbocycles. The van der Waals surface area contributed by atoms with Gasteiger partial charge in [0.25, 0.3) is 0 Å². The Morgan fingerprint density at radius 2 is 2.11 bits per heavy atom. The van der Waals surface area contributed by atoms with Crippen molar-refractivity contribution in [2.24, 2.45) is 0 Å². The first-order valence-electron chi connectivity index (χ1n) is 5.57. The van der Waals surface area contributed by atoms with Crippen molar-refractivity contribution in [1.82, 2.24) is 9.62 Å². The summed E-state index contributed by atoms with van der Waals surface area (Å²) in [6.07, 6.45) is 0. The fourth-order valence-corrected chi connectivity index (χ4v) is 2.60. The largest absolute Gasteiger partial charge is 0.399 e. The molecule has 0 aliphatic heterocycles. The number of carbonyl (C=O) groups excluding carboxylic acids is 1. The van der Waals surface area contributed by atoms with Crippen molar-refractivity contribution in [2.45, 2.75) is 11.8 Å². The monoisotopic (exact) mass is 289 g/mol. The number of nitrogens with one attached hydrogen (secondary N) is 1. The highest BCUT2D eigenvalue weighted by atomic mass is 32.2. The first kappa shape index (κ1) is 15.4. The van der Waals surface area contributed by atoms with Crippen LogP contribution < -0.4 is 11.1 Å². The Morgan fingerprint density at radius 1 is 1.47 bits per heavy atom. The summed E-state index contributed by atoms with van der Waals surface area (Å²) in [5.41, 5.74) is 5.48. The number of hydrogen-bond acceptors (Lipinski definition) is 4. The first-order valence-corrected chi connectivity index (χ1v) is 7.01. The van der Waals surface area contributed by atoms with Crippen molar-refractivity contribution >= 4 is 21.6 Å². The predicted molar refractivity (Wildman–Crippen MR) is 69.3 cm³/mol. The number of likely N-dealkylation sites (N-methyl/N-ethyl adjacent to an activating group) is 2. The van der Waals surface area contributed by atoms with E-state index < -0.39 is 26.6 Å². The molecule has 0 aliphatic rings. The van der Waals surface area contributed by atoms with Crippen LogP contribution in [0.3, 0.4) is 0 Å². The third kappa shape index (κ3) is 3.65. The highest BCUT2D eigenvalue weighted by molar-refractivity contribution is 7.89. The van der Waals surface area contributed by atoms with Gasteiger partial charge in [0.15, 0.2) is 0 Å². The number of rotatable bonds is 5. The quantitative estimate of drug-likeness (QED) is 0.755. The van der Waals surface area contributed by atoms with Crippen LogP contribution in [0, 0.1) is 5.82 Å². The number of nitrogen functional groups attached to an aromatic ring is 1. The van der Waals surface area contributed by atoms with Crippen LogP contribution in [0.1, 0.15) is 6.92 Å². The van der Waals surface area contributed by atoms with E-state index >= 15 is 0 Å². The smallest absolute Gasteiger partial charge is 0.246 e. The molecule has 0 bridgehead atoms. The molecule has 6 nitrogen and oxygen atoms in total. The summed E-state index contributed by atoms with van der Waals surface area (Å²) in [6, 6.07) is 3.29. The van der Waals surface area contributed by atoms with Gasteiger partial charge in [-0.1, -0.05) is 0 Å². The van der Waals surface area contributed by atoms with Crippen LogP contribution in [0.25, 0.3) is 0 Å². The second kappa shape index (κ2) is 5.98. The molecule has 0 aromatic heterocycles. The van der Waals surface area contributed by atoms with Gasteiger partial charge in [0.05, 0.1) is 6.54 Å². The minimum atomic E-state index is -4.06. The molecule has 19 heavy (non-hydrogen) atoms. The molecule has 106 valence electrons. The number of anilines is 1. The molecule has 0 unspecified atom stereocenters. The first-order chi connectivity index (χ1) is 8.78. The number of nitrogens with two attached hydrogens (primary N) is 1. The third-order valence-electron chi connectivity index (χ3n) is 2.38. The second-order valence-corrected chi connectivity index (χ2v) is 5.92. The van der Waals surface area contributed by atoms with E-state index in [1.54, 1.807) is 6.92 Å². The number of benzene rings is 1. The summed E-state index contributed by atoms with van der Waals surface area (Å²) in [5.74, 6) is -1.40. The molecular weight excluding hydrogens is 273 g/mol. The van der Waals surface area contributed by atoms with E-state index in [2.05, 4.69) is 5.32 Å². The van der Waals surface area contributed by atoms with Crippen LogP contribution in [0.5, 0.6) is 0 Å². The normalized spacial score (nSPS) is 11.6. The van der Waals surface area contributed by atoms with Gasteiger partial charge in [-0.05, 0) is 25.1 Å². The van der Waals surface area contributed by atoms with Gasteiger partial charge >= 0.3 is 0 Å². The highest BCUT2D eigenvalue weighted by Gasteiger charge is 2.25. The summed E-state index contributed by atoms with van der Waals surface area (Å²) in [5, 5.41) is 2.46. The van der Waals surface area contributed by atoms with Gasteiger partial charge in [-0.15, -0.1) is 0 Å². The molecule has 1 aromatic carbocycles. The summed E-state index contributed by atoms with van der Waals surface area (Å²) >= 11 is 0. The Morgan fingerprint density at radius 3 is 2.63 bits per heavy atom. The molecule has 0 radical (unpaired) electrons. The van der Waals surface area contributed by atoms with Crippen molar-refractivity contribution in [1.29, 1.82) is 0 Å². The zero-order chi connectivity index (χ0) is 14.6. The highest BCUT2D eigenvalue weighted by Crippen LogP contribution is 2.20. The topological polar surface area (TPSA) is 92.5 Å². The Hall–Kier alpha value is -1.67. The van der Waals surface area contributed by atoms with Gasteiger partial charge < -0.3 is 11.1 Å². The zero-order valence-corrected chi connectivity index (χ0v) is 11.5. The lowest BCUT2D eigenvalue weighted by Gasteiger charge is -2.17. The van der Waals surface area contributed by atoms with Crippen LogP contribution in [-0.4, -0.2) is 38.8 Å². The van der Waals surface area contributed by atoms with Crippen molar-refractivity contribution in [2.75, 3.05) is 25.9 Å². The predicted octanol–water partition coefficient (Wildman–Crippen LogP) is 0.165. The van der Waals surface area contributed by atoms with Crippen LogP contribution in [-0.2, 0) is 14.8 Å². The number of amides is 1. The Kier molecular flexibility index (Phi) is 4.84. The van der Waals surface area contributed by atoms with E-state index in [4.69, 9.17) is 5.73 Å². The molecule has 0 spiro atoms. The van der Waals surface area contributed by atoms with E-state index in [1.807, 2.05) is 0 Å². The fraction of sp³-hybridized carbons (Fsp3) is 0.364. The van der Waals surface area contributed by atoms with Crippen LogP contribution in [0.4, 0.5) is 10.1 Å². The molecule has 0 aliphatic carbocycles. The van der Waals surface area contributed by atoms with E-state index in [-0.39, 0.29) is 12.2 Å². The molecule has 0 saturated heterocycles. The molecule has 1 rings (SSSR count). The third-order valence-corrected chi connectivity index (χ3v) is 4.22. The maximum atomic E-state index is 13.6. The minimum absolute atomic E-state index is 0.128. The van der Waals surface area contributed by atoms with Crippen LogP contribution in [0.15, 0.2) is 23.1 Å². The molecule has 0 atom stereocenters. The van der Waals surface area contributed by atoms with Crippen LogP contribution >= 0.6 is 0 Å². The van der Waals surface area contributed by atoms with Gasteiger partial charge in [0, 0.05) is 19.3 Å². The van der Waals surface area contributed by atoms with E-state index in [0.717, 1.165) is 16.4 Å². The second-order valence-electron chi connectivity index (χ2n) is 3.90. The van der Waals surface area contributed by atoms with Gasteiger partial charge in [-0.3, -0.25) is 4.79 Å². The number of nitrogens with zero attached hydrogens (tertiary/aromatic N) is 1. The summed E-state index contributed by atoms with van der Waals surface area (Å²) < 4.78 is 38.5. The number of halogens is 1. The number of hydrogen-bond donors (Lipinski definition) is 2. The summed E-state index contributed by atoms with van der Waals surface area (Å²) in [4.78, 5) is 10.8. The molecule has 0 heterocycles. The number of carbonyl (C=O) groups is 1. The number of sulfonamides is 1. The van der Waals surface area contributed by atoms with Gasteiger partial charge in [-0.25, -0.2) is 12.8 Å². The van der Waals surface area contributed by atoms with Crippen molar-refractivity contribution in [3.63, 3.8) is 0 Å². The van der Waals surface area contributed by atoms with Gasteiger partial charge in [0.1, 0.15) is 10.7 Å². The maximum Gasteiger partial charge on any atom is 0.246 e. The average Bonchev–Trinajstić information content (AvgIpc) is 2.28. The van der Waals surface area contributed by atoms with Crippen LogP contribution in [0.2, 0.25) is 0 Å². The Labute approximate surface area is 111 Å².